The number of thiocarbonyl (C=S) groups is 1. The van der Waals surface area contributed by atoms with Gasteiger partial charge in [-0.15, -0.1) is 11.3 Å². The summed E-state index contributed by atoms with van der Waals surface area (Å²) in [5, 5.41) is 3.33. The van der Waals surface area contributed by atoms with Crippen LogP contribution < -0.4 is 5.32 Å². The topological polar surface area (TPSA) is 45.5 Å². The monoisotopic (exact) mass is 446 g/mol. The lowest BCUT2D eigenvalue weighted by molar-refractivity contribution is -0.122. The summed E-state index contributed by atoms with van der Waals surface area (Å²) >= 11 is 13.6. The van der Waals surface area contributed by atoms with Crippen molar-refractivity contribution in [3.63, 3.8) is 0 Å². The van der Waals surface area contributed by atoms with E-state index in [9.17, 15) is 4.79 Å². The molecule has 1 N–H and O–H groups in total. The highest BCUT2D eigenvalue weighted by atomic mass is 79.9. The van der Waals surface area contributed by atoms with E-state index in [0.29, 0.717) is 23.1 Å². The Morgan fingerprint density at radius 1 is 1.48 bits per heavy atom. The van der Waals surface area contributed by atoms with Crippen molar-refractivity contribution < 1.29 is 9.21 Å². The molecule has 0 aliphatic carbocycles. The zero-order chi connectivity index (χ0) is 15.0. The van der Waals surface area contributed by atoms with Crippen molar-refractivity contribution in [2.45, 2.75) is 6.54 Å². The lowest BCUT2D eigenvalue weighted by Crippen LogP contribution is -2.29. The highest BCUT2D eigenvalue weighted by molar-refractivity contribution is 9.13. The minimum absolute atomic E-state index is 0.156. The van der Waals surface area contributed by atoms with Crippen LogP contribution in [-0.4, -0.2) is 15.9 Å². The van der Waals surface area contributed by atoms with Crippen molar-refractivity contribution in [3.05, 3.63) is 49.1 Å². The Kier molecular flexibility index (Phi) is 4.30. The summed E-state index contributed by atoms with van der Waals surface area (Å²) in [6.07, 6.45) is 3.36. The first-order valence-electron chi connectivity index (χ1n) is 5.86. The number of carbonyl (C=O) groups is 1. The van der Waals surface area contributed by atoms with Crippen LogP contribution in [0.15, 0.2) is 42.8 Å². The molecule has 0 spiro atoms. The van der Waals surface area contributed by atoms with Gasteiger partial charge >= 0.3 is 0 Å². The number of carbonyl (C=O) groups excluding carboxylic acids is 1. The van der Waals surface area contributed by atoms with Gasteiger partial charge in [-0.05, 0) is 68.4 Å². The fraction of sp³-hybridized carbons (Fsp3) is 0.0769. The third kappa shape index (κ3) is 3.13. The average Bonchev–Trinajstić information content (AvgIpc) is 3.10. The second kappa shape index (κ2) is 6.04. The van der Waals surface area contributed by atoms with Crippen molar-refractivity contribution in [3.8, 4) is 0 Å². The fourth-order valence-electron chi connectivity index (χ4n) is 1.85. The SMILES string of the molecule is O=C1/C(=C\c2cc(Br)c(Br)s2)NC(=S)N1Cc1ccco1. The molecule has 21 heavy (non-hydrogen) atoms. The van der Waals surface area contributed by atoms with E-state index in [1.807, 2.05) is 12.1 Å². The van der Waals surface area contributed by atoms with Gasteiger partial charge in [0.05, 0.1) is 16.6 Å². The van der Waals surface area contributed by atoms with Crippen molar-refractivity contribution in [1.82, 2.24) is 10.2 Å². The van der Waals surface area contributed by atoms with Crippen LogP contribution >= 0.6 is 55.4 Å². The van der Waals surface area contributed by atoms with E-state index in [4.69, 9.17) is 16.6 Å². The smallest absolute Gasteiger partial charge is 0.276 e. The minimum Gasteiger partial charge on any atom is -0.467 e. The average molecular weight is 448 g/mol. The van der Waals surface area contributed by atoms with E-state index in [-0.39, 0.29) is 5.91 Å². The molecule has 1 aliphatic heterocycles. The molecule has 0 aromatic carbocycles. The number of furan rings is 1. The van der Waals surface area contributed by atoms with Gasteiger partial charge in [0.1, 0.15) is 11.5 Å². The Balaban J connectivity index is 1.82. The van der Waals surface area contributed by atoms with Crippen molar-refractivity contribution in [2.75, 3.05) is 0 Å². The van der Waals surface area contributed by atoms with Gasteiger partial charge < -0.3 is 9.73 Å². The van der Waals surface area contributed by atoms with Crippen LogP contribution in [-0.2, 0) is 11.3 Å². The molecule has 2 aromatic rings. The summed E-state index contributed by atoms with van der Waals surface area (Å²) in [7, 11) is 0. The van der Waals surface area contributed by atoms with Gasteiger partial charge in [0.2, 0.25) is 0 Å². The van der Waals surface area contributed by atoms with Crippen LogP contribution in [0.4, 0.5) is 0 Å². The number of halogens is 2. The predicted molar refractivity (Wildman–Crippen MR) is 92.7 cm³/mol. The number of hydrogen-bond donors (Lipinski definition) is 1. The van der Waals surface area contributed by atoms with Gasteiger partial charge in [-0.2, -0.15) is 0 Å². The molecule has 3 rings (SSSR count). The summed E-state index contributed by atoms with van der Waals surface area (Å²) < 4.78 is 7.19. The molecule has 1 saturated heterocycles. The van der Waals surface area contributed by atoms with Crippen molar-refractivity contribution >= 4 is 72.5 Å². The van der Waals surface area contributed by atoms with E-state index < -0.39 is 0 Å². The lowest BCUT2D eigenvalue weighted by atomic mass is 10.3. The highest BCUT2D eigenvalue weighted by Crippen LogP contribution is 2.33. The van der Waals surface area contributed by atoms with Gasteiger partial charge in [-0.3, -0.25) is 9.69 Å². The zero-order valence-corrected chi connectivity index (χ0v) is 15.2. The second-order valence-electron chi connectivity index (χ2n) is 4.23. The van der Waals surface area contributed by atoms with Gasteiger partial charge in [0.15, 0.2) is 5.11 Å². The predicted octanol–water partition coefficient (Wildman–Crippen LogP) is 4.12. The van der Waals surface area contributed by atoms with E-state index in [1.165, 1.54) is 16.2 Å². The lowest BCUT2D eigenvalue weighted by Gasteiger charge is -2.11. The Labute approximate surface area is 147 Å². The van der Waals surface area contributed by atoms with Crippen LogP contribution in [0.3, 0.4) is 0 Å². The van der Waals surface area contributed by atoms with Crippen LogP contribution in [0.5, 0.6) is 0 Å². The van der Waals surface area contributed by atoms with Crippen molar-refractivity contribution in [1.29, 1.82) is 0 Å². The normalized spacial score (nSPS) is 16.9. The second-order valence-corrected chi connectivity index (χ2v) is 7.87. The summed E-state index contributed by atoms with van der Waals surface area (Å²) in [5.41, 5.74) is 0.466. The van der Waals surface area contributed by atoms with E-state index >= 15 is 0 Å². The number of rotatable bonds is 3. The first-order chi connectivity index (χ1) is 10.0. The molecule has 2 aromatic heterocycles. The van der Waals surface area contributed by atoms with Gasteiger partial charge in [0.25, 0.3) is 5.91 Å². The molecule has 0 unspecified atom stereocenters. The Hall–Kier alpha value is -0.960. The summed E-state index contributed by atoms with van der Waals surface area (Å²) in [5.74, 6) is 0.535. The maximum absolute atomic E-state index is 12.4. The van der Waals surface area contributed by atoms with Gasteiger partial charge in [-0.25, -0.2) is 0 Å². The Morgan fingerprint density at radius 2 is 2.29 bits per heavy atom. The van der Waals surface area contributed by atoms with Crippen LogP contribution in [0.2, 0.25) is 0 Å². The first kappa shape index (κ1) is 15.0. The molecule has 0 saturated carbocycles. The molecular formula is C13H8Br2N2O2S2. The number of thiophene rings is 1. The van der Waals surface area contributed by atoms with E-state index in [0.717, 1.165) is 13.1 Å². The molecule has 0 radical (unpaired) electrons. The van der Waals surface area contributed by atoms with E-state index in [1.54, 1.807) is 18.4 Å². The maximum Gasteiger partial charge on any atom is 0.276 e. The largest absolute Gasteiger partial charge is 0.467 e. The molecule has 108 valence electrons. The van der Waals surface area contributed by atoms with E-state index in [2.05, 4.69) is 37.2 Å². The molecule has 0 atom stereocenters. The van der Waals surface area contributed by atoms with Gasteiger partial charge in [-0.1, -0.05) is 0 Å². The molecule has 8 heteroatoms. The van der Waals surface area contributed by atoms with Crippen LogP contribution in [0, 0.1) is 0 Å². The Morgan fingerprint density at radius 3 is 2.90 bits per heavy atom. The van der Waals surface area contributed by atoms with Crippen LogP contribution in [0.1, 0.15) is 10.6 Å². The highest BCUT2D eigenvalue weighted by Gasteiger charge is 2.31. The molecule has 0 bridgehead atoms. The molecule has 1 fully saturated rings. The first-order valence-corrected chi connectivity index (χ1v) is 8.67. The summed E-state index contributed by atoms with van der Waals surface area (Å²) in [4.78, 5) is 14.8. The minimum atomic E-state index is -0.156. The molecule has 1 amide bonds. The molecule has 3 heterocycles. The maximum atomic E-state index is 12.4. The molecular weight excluding hydrogens is 440 g/mol. The van der Waals surface area contributed by atoms with Gasteiger partial charge in [0, 0.05) is 9.35 Å². The zero-order valence-electron chi connectivity index (χ0n) is 10.4. The van der Waals surface area contributed by atoms with Crippen LogP contribution in [0.25, 0.3) is 6.08 Å². The number of hydrogen-bond acceptors (Lipinski definition) is 4. The third-order valence-corrected chi connectivity index (χ3v) is 6.33. The quantitative estimate of drug-likeness (QED) is 0.567. The molecule has 1 aliphatic rings. The Bertz CT molecular complexity index is 718. The third-order valence-electron chi connectivity index (χ3n) is 2.81. The number of nitrogens with zero attached hydrogens (tertiary/aromatic N) is 1. The van der Waals surface area contributed by atoms with Crippen molar-refractivity contribution in [2.24, 2.45) is 0 Å². The molecule has 4 nitrogen and oxygen atoms in total. The summed E-state index contributed by atoms with van der Waals surface area (Å²) in [6, 6.07) is 5.53. The summed E-state index contributed by atoms with van der Waals surface area (Å²) in [6.45, 7) is 0.326. The fourth-order valence-corrected chi connectivity index (χ4v) is 4.14. The number of amides is 1. The standard InChI is InChI=1S/C13H8Br2N2O2S2/c14-9-4-8(21-11(9)15)5-10-12(18)17(13(20)16-10)6-7-2-1-3-19-7/h1-5H,6H2,(H,16,20)/b10-5+. The number of nitrogens with one attached hydrogen (secondary N) is 1.